The Bertz CT molecular complexity index is 1280. The Labute approximate surface area is 206 Å². The van der Waals surface area contributed by atoms with E-state index in [2.05, 4.69) is 55.5 Å². The molecule has 0 saturated carbocycles. The number of imidazole rings is 1. The molecule has 180 valence electrons. The van der Waals surface area contributed by atoms with Crippen molar-refractivity contribution < 1.29 is 0 Å². The number of pyridine rings is 2. The summed E-state index contributed by atoms with van der Waals surface area (Å²) in [4.78, 5) is 25.9. The minimum atomic E-state index is 0.343. The van der Waals surface area contributed by atoms with Gasteiger partial charge in [0.05, 0.1) is 17.4 Å². The molecule has 1 aliphatic carbocycles. The van der Waals surface area contributed by atoms with Gasteiger partial charge in [0.15, 0.2) is 0 Å². The molecule has 2 aliphatic rings. The monoisotopic (exact) mass is 468 g/mol. The molecular weight excluding hydrogens is 436 g/mol. The molecule has 8 heteroatoms. The van der Waals surface area contributed by atoms with E-state index in [0.717, 1.165) is 69.4 Å². The first-order chi connectivity index (χ1) is 17.2. The number of anilines is 1. The predicted molar refractivity (Wildman–Crippen MR) is 136 cm³/mol. The molecule has 0 bridgehead atoms. The molecule has 0 aromatic carbocycles. The SMILES string of the molecule is CN(Cc1cn2c(N3CCN(Cc4cccnc4)CC3)nccc2n1)C1CCCc2cccnc21. The zero-order chi connectivity index (χ0) is 23.6. The van der Waals surface area contributed by atoms with Crippen LogP contribution in [0.25, 0.3) is 5.65 Å². The third-order valence-electron chi connectivity index (χ3n) is 7.31. The van der Waals surface area contributed by atoms with Crippen molar-refractivity contribution in [3.8, 4) is 0 Å². The summed E-state index contributed by atoms with van der Waals surface area (Å²) in [6, 6.07) is 10.8. The molecule has 1 atom stereocenters. The van der Waals surface area contributed by atoms with Crippen molar-refractivity contribution in [3.05, 3.63) is 83.8 Å². The summed E-state index contributed by atoms with van der Waals surface area (Å²) >= 11 is 0. The van der Waals surface area contributed by atoms with Crippen molar-refractivity contribution in [2.45, 2.75) is 38.4 Å². The number of aryl methyl sites for hydroxylation is 1. The number of rotatable bonds is 6. The summed E-state index contributed by atoms with van der Waals surface area (Å²) < 4.78 is 2.16. The second-order valence-corrected chi connectivity index (χ2v) is 9.70. The number of fused-ring (bicyclic) bond motifs is 2. The van der Waals surface area contributed by atoms with Gasteiger partial charge in [-0.3, -0.25) is 24.2 Å². The number of hydrogen-bond donors (Lipinski definition) is 0. The van der Waals surface area contributed by atoms with E-state index in [-0.39, 0.29) is 0 Å². The van der Waals surface area contributed by atoms with Gasteiger partial charge in [0.25, 0.3) is 0 Å². The molecule has 1 aliphatic heterocycles. The molecular formula is C27H32N8. The van der Waals surface area contributed by atoms with Gasteiger partial charge in [0.2, 0.25) is 5.95 Å². The van der Waals surface area contributed by atoms with Gasteiger partial charge >= 0.3 is 0 Å². The van der Waals surface area contributed by atoms with E-state index < -0.39 is 0 Å². The Hall–Kier alpha value is -3.36. The average molecular weight is 469 g/mol. The molecule has 35 heavy (non-hydrogen) atoms. The number of hydrogen-bond acceptors (Lipinski definition) is 7. The van der Waals surface area contributed by atoms with Gasteiger partial charge in [-0.25, -0.2) is 9.97 Å². The van der Waals surface area contributed by atoms with E-state index >= 15 is 0 Å². The number of aromatic nitrogens is 5. The normalized spacial score (nSPS) is 18.8. The van der Waals surface area contributed by atoms with Crippen molar-refractivity contribution in [3.63, 3.8) is 0 Å². The van der Waals surface area contributed by atoms with Crippen LogP contribution >= 0.6 is 0 Å². The Morgan fingerprint density at radius 3 is 2.74 bits per heavy atom. The van der Waals surface area contributed by atoms with Gasteiger partial charge in [-0.2, -0.15) is 0 Å². The van der Waals surface area contributed by atoms with Crippen LogP contribution in [0.2, 0.25) is 0 Å². The first-order valence-electron chi connectivity index (χ1n) is 12.6. The molecule has 1 fully saturated rings. The second-order valence-electron chi connectivity index (χ2n) is 9.70. The minimum absolute atomic E-state index is 0.343. The molecule has 6 rings (SSSR count). The van der Waals surface area contributed by atoms with Gasteiger partial charge in [-0.05, 0) is 55.6 Å². The van der Waals surface area contributed by atoms with Gasteiger partial charge in [0, 0.05) is 70.3 Å². The maximum atomic E-state index is 4.95. The third kappa shape index (κ3) is 4.63. The lowest BCUT2D eigenvalue weighted by atomic mass is 9.91. The molecule has 4 aromatic rings. The van der Waals surface area contributed by atoms with Crippen LogP contribution in [-0.2, 0) is 19.5 Å². The van der Waals surface area contributed by atoms with Gasteiger partial charge in [-0.15, -0.1) is 0 Å². The van der Waals surface area contributed by atoms with Crippen LogP contribution in [0.4, 0.5) is 5.95 Å². The average Bonchev–Trinajstić information content (AvgIpc) is 3.32. The quantitative estimate of drug-likeness (QED) is 0.430. The van der Waals surface area contributed by atoms with Crippen molar-refractivity contribution in [2.75, 3.05) is 38.1 Å². The highest BCUT2D eigenvalue weighted by Gasteiger charge is 2.26. The second kappa shape index (κ2) is 9.71. The predicted octanol–water partition coefficient (Wildman–Crippen LogP) is 3.35. The maximum Gasteiger partial charge on any atom is 0.211 e. The van der Waals surface area contributed by atoms with E-state index in [1.165, 1.54) is 23.2 Å². The largest absolute Gasteiger partial charge is 0.339 e. The smallest absolute Gasteiger partial charge is 0.211 e. The lowest BCUT2D eigenvalue weighted by molar-refractivity contribution is 0.206. The van der Waals surface area contributed by atoms with Crippen molar-refractivity contribution >= 4 is 11.6 Å². The van der Waals surface area contributed by atoms with E-state index in [1.54, 1.807) is 0 Å². The zero-order valence-corrected chi connectivity index (χ0v) is 20.3. The lowest BCUT2D eigenvalue weighted by Gasteiger charge is -2.35. The van der Waals surface area contributed by atoms with Crippen LogP contribution in [0.15, 0.2) is 61.3 Å². The minimum Gasteiger partial charge on any atom is -0.339 e. The highest BCUT2D eigenvalue weighted by molar-refractivity contribution is 5.48. The van der Waals surface area contributed by atoms with E-state index in [1.807, 2.05) is 36.9 Å². The molecule has 1 unspecified atom stereocenters. The van der Waals surface area contributed by atoms with E-state index in [9.17, 15) is 0 Å². The summed E-state index contributed by atoms with van der Waals surface area (Å²) in [5.41, 5.74) is 5.91. The molecule has 0 amide bonds. The summed E-state index contributed by atoms with van der Waals surface area (Å²) in [7, 11) is 2.19. The maximum absolute atomic E-state index is 4.95. The Morgan fingerprint density at radius 2 is 1.89 bits per heavy atom. The first kappa shape index (κ1) is 22.1. The van der Waals surface area contributed by atoms with Crippen LogP contribution < -0.4 is 4.90 Å². The number of piperazine rings is 1. The van der Waals surface area contributed by atoms with Crippen LogP contribution in [0.1, 0.15) is 41.4 Å². The fraction of sp³-hybridized carbons (Fsp3) is 0.407. The summed E-state index contributed by atoms with van der Waals surface area (Å²) in [5.74, 6) is 0.981. The van der Waals surface area contributed by atoms with Crippen LogP contribution in [0, 0.1) is 0 Å². The third-order valence-corrected chi connectivity index (χ3v) is 7.31. The highest BCUT2D eigenvalue weighted by Crippen LogP contribution is 2.32. The summed E-state index contributed by atoms with van der Waals surface area (Å²) in [6.45, 7) is 5.64. The van der Waals surface area contributed by atoms with Crippen LogP contribution in [0.3, 0.4) is 0 Å². The Balaban J connectivity index is 1.15. The van der Waals surface area contributed by atoms with Crippen LogP contribution in [-0.4, -0.2) is 67.4 Å². The lowest BCUT2D eigenvalue weighted by Crippen LogP contribution is -2.46. The standard InChI is InChI=1S/C27H32N8/c1-32(24-8-2-6-22-7-4-11-29-26(22)24)19-23-20-35-25(31-23)9-12-30-27(35)34-15-13-33(14-16-34)18-21-5-3-10-28-17-21/h3-5,7,9-12,17,20,24H,2,6,8,13-16,18-19H2,1H3. The summed E-state index contributed by atoms with van der Waals surface area (Å²) in [5, 5.41) is 0. The molecule has 1 saturated heterocycles. The zero-order valence-electron chi connectivity index (χ0n) is 20.3. The topological polar surface area (TPSA) is 65.7 Å². The van der Waals surface area contributed by atoms with Crippen molar-refractivity contribution in [1.29, 1.82) is 0 Å². The molecule has 0 N–H and O–H groups in total. The van der Waals surface area contributed by atoms with Crippen molar-refractivity contribution in [1.82, 2.24) is 34.1 Å². The van der Waals surface area contributed by atoms with Crippen molar-refractivity contribution in [2.24, 2.45) is 0 Å². The molecule has 8 nitrogen and oxygen atoms in total. The fourth-order valence-corrected chi connectivity index (χ4v) is 5.50. The fourth-order valence-electron chi connectivity index (χ4n) is 5.50. The first-order valence-corrected chi connectivity index (χ1v) is 12.6. The molecule has 5 heterocycles. The Morgan fingerprint density at radius 1 is 1.00 bits per heavy atom. The van der Waals surface area contributed by atoms with Gasteiger partial charge in [0.1, 0.15) is 5.65 Å². The summed E-state index contributed by atoms with van der Waals surface area (Å²) in [6.07, 6.45) is 13.2. The number of nitrogens with zero attached hydrogens (tertiary/aromatic N) is 8. The molecule has 4 aromatic heterocycles. The van der Waals surface area contributed by atoms with E-state index in [0.29, 0.717) is 6.04 Å². The Kier molecular flexibility index (Phi) is 6.14. The highest BCUT2D eigenvalue weighted by atomic mass is 15.3. The van der Waals surface area contributed by atoms with Gasteiger partial charge in [-0.1, -0.05) is 12.1 Å². The van der Waals surface area contributed by atoms with Crippen LogP contribution in [0.5, 0.6) is 0 Å². The molecule has 0 spiro atoms. The van der Waals surface area contributed by atoms with E-state index in [4.69, 9.17) is 15.0 Å². The van der Waals surface area contributed by atoms with Gasteiger partial charge < -0.3 is 4.90 Å². The molecule has 0 radical (unpaired) electrons.